The maximum atomic E-state index is 11.4. The first kappa shape index (κ1) is 13.9. The minimum absolute atomic E-state index is 0.182. The second-order valence-electron chi connectivity index (χ2n) is 4.29. The van der Waals surface area contributed by atoms with Gasteiger partial charge in [-0.05, 0) is 20.3 Å². The number of rotatable bonds is 7. The lowest BCUT2D eigenvalue weighted by Crippen LogP contribution is -2.49. The summed E-state index contributed by atoms with van der Waals surface area (Å²) in [7, 11) is 0. The van der Waals surface area contributed by atoms with Crippen molar-refractivity contribution in [3.8, 4) is 0 Å². The van der Waals surface area contributed by atoms with Crippen molar-refractivity contribution >= 4 is 11.9 Å². The Morgan fingerprint density at radius 2 is 1.80 bits per heavy atom. The molecule has 0 rings (SSSR count). The van der Waals surface area contributed by atoms with E-state index in [0.717, 1.165) is 25.7 Å². The van der Waals surface area contributed by atoms with Crippen LogP contribution in [0.3, 0.4) is 0 Å². The third-order valence-corrected chi connectivity index (χ3v) is 2.24. The minimum atomic E-state index is -1.16. The summed E-state index contributed by atoms with van der Waals surface area (Å²) < 4.78 is 0. The zero-order valence-corrected chi connectivity index (χ0v) is 9.80. The zero-order valence-electron chi connectivity index (χ0n) is 9.80. The van der Waals surface area contributed by atoms with Crippen LogP contribution in [0.15, 0.2) is 0 Å². The minimum Gasteiger partial charge on any atom is -0.480 e. The number of amides is 1. The van der Waals surface area contributed by atoms with E-state index in [0.29, 0.717) is 6.42 Å². The summed E-state index contributed by atoms with van der Waals surface area (Å²) >= 11 is 0. The van der Waals surface area contributed by atoms with Gasteiger partial charge in [0.2, 0.25) is 5.91 Å². The van der Waals surface area contributed by atoms with E-state index in [1.807, 2.05) is 0 Å². The summed E-state index contributed by atoms with van der Waals surface area (Å²) in [6.07, 6.45) is 4.52. The van der Waals surface area contributed by atoms with E-state index in [4.69, 9.17) is 5.11 Å². The van der Waals surface area contributed by atoms with Crippen molar-refractivity contribution < 1.29 is 14.7 Å². The number of hydrogen-bond donors (Lipinski definition) is 2. The molecule has 0 unspecified atom stereocenters. The lowest BCUT2D eigenvalue weighted by atomic mass is 10.1. The van der Waals surface area contributed by atoms with Gasteiger partial charge in [0.1, 0.15) is 5.54 Å². The highest BCUT2D eigenvalue weighted by molar-refractivity contribution is 5.86. The number of aliphatic carboxylic acids is 1. The molecule has 0 saturated carbocycles. The van der Waals surface area contributed by atoms with Crippen molar-refractivity contribution in [2.75, 3.05) is 0 Å². The molecular formula is C11H21NO3. The first-order valence-electron chi connectivity index (χ1n) is 5.44. The topological polar surface area (TPSA) is 66.4 Å². The molecular weight excluding hydrogens is 194 g/mol. The van der Waals surface area contributed by atoms with Crippen LogP contribution in [-0.2, 0) is 9.59 Å². The first-order chi connectivity index (χ1) is 6.90. The van der Waals surface area contributed by atoms with Gasteiger partial charge in [-0.3, -0.25) is 4.79 Å². The smallest absolute Gasteiger partial charge is 0.328 e. The Labute approximate surface area is 91.1 Å². The summed E-state index contributed by atoms with van der Waals surface area (Å²) in [5.74, 6) is -1.19. The molecule has 15 heavy (non-hydrogen) atoms. The van der Waals surface area contributed by atoms with Gasteiger partial charge in [0.05, 0.1) is 0 Å². The van der Waals surface area contributed by atoms with Gasteiger partial charge >= 0.3 is 5.97 Å². The standard InChI is InChI=1S/C11H21NO3/c1-4-5-6-7-8-9(13)12-11(2,3)10(14)15/h4-8H2,1-3H3,(H,12,13)(H,14,15). The van der Waals surface area contributed by atoms with E-state index in [-0.39, 0.29) is 5.91 Å². The van der Waals surface area contributed by atoms with E-state index in [1.54, 1.807) is 0 Å². The fourth-order valence-electron chi connectivity index (χ4n) is 1.18. The molecule has 0 spiro atoms. The van der Waals surface area contributed by atoms with Crippen molar-refractivity contribution in [2.45, 2.75) is 58.4 Å². The highest BCUT2D eigenvalue weighted by Gasteiger charge is 2.28. The van der Waals surface area contributed by atoms with Gasteiger partial charge in [0.15, 0.2) is 0 Å². The van der Waals surface area contributed by atoms with Crippen LogP contribution >= 0.6 is 0 Å². The quantitative estimate of drug-likeness (QED) is 0.638. The molecule has 4 heteroatoms. The normalized spacial score (nSPS) is 11.1. The molecule has 2 N–H and O–H groups in total. The van der Waals surface area contributed by atoms with Crippen LogP contribution in [0, 0.1) is 0 Å². The number of carbonyl (C=O) groups excluding carboxylic acids is 1. The molecule has 1 amide bonds. The summed E-state index contributed by atoms with van der Waals surface area (Å²) in [4.78, 5) is 22.1. The molecule has 0 radical (unpaired) electrons. The van der Waals surface area contributed by atoms with Crippen LogP contribution in [0.2, 0.25) is 0 Å². The number of nitrogens with one attached hydrogen (secondary N) is 1. The Balaban J connectivity index is 3.79. The molecule has 0 atom stereocenters. The summed E-state index contributed by atoms with van der Waals surface area (Å²) in [6, 6.07) is 0. The van der Waals surface area contributed by atoms with Crippen molar-refractivity contribution in [1.29, 1.82) is 0 Å². The molecule has 0 aliphatic rings. The molecule has 0 heterocycles. The highest BCUT2D eigenvalue weighted by Crippen LogP contribution is 2.06. The predicted octanol–water partition coefficient (Wildman–Crippen LogP) is 1.94. The largest absolute Gasteiger partial charge is 0.480 e. The van der Waals surface area contributed by atoms with E-state index in [9.17, 15) is 9.59 Å². The van der Waals surface area contributed by atoms with Crippen LogP contribution in [0.25, 0.3) is 0 Å². The van der Waals surface area contributed by atoms with Gasteiger partial charge in [0, 0.05) is 6.42 Å². The van der Waals surface area contributed by atoms with Gasteiger partial charge in [-0.2, -0.15) is 0 Å². The number of carboxylic acid groups (broad SMARTS) is 1. The highest BCUT2D eigenvalue weighted by atomic mass is 16.4. The number of carboxylic acids is 1. The predicted molar refractivity (Wildman–Crippen MR) is 58.6 cm³/mol. The zero-order chi connectivity index (χ0) is 11.9. The fourth-order valence-corrected chi connectivity index (χ4v) is 1.18. The molecule has 4 nitrogen and oxygen atoms in total. The Morgan fingerprint density at radius 1 is 1.20 bits per heavy atom. The molecule has 0 saturated heterocycles. The van der Waals surface area contributed by atoms with Crippen molar-refractivity contribution in [3.63, 3.8) is 0 Å². The third kappa shape index (κ3) is 6.10. The summed E-state index contributed by atoms with van der Waals surface area (Å²) in [5.41, 5.74) is -1.16. The maximum Gasteiger partial charge on any atom is 0.328 e. The van der Waals surface area contributed by atoms with Crippen molar-refractivity contribution in [2.24, 2.45) is 0 Å². The van der Waals surface area contributed by atoms with E-state index < -0.39 is 11.5 Å². The van der Waals surface area contributed by atoms with Crippen LogP contribution < -0.4 is 5.32 Å². The Kier molecular flexibility index (Phi) is 5.97. The Hall–Kier alpha value is -1.06. The van der Waals surface area contributed by atoms with Gasteiger partial charge in [-0.1, -0.05) is 26.2 Å². The summed E-state index contributed by atoms with van der Waals surface area (Å²) in [6.45, 7) is 5.08. The SMILES string of the molecule is CCCCCCC(=O)NC(C)(C)C(=O)O. The van der Waals surface area contributed by atoms with Crippen LogP contribution in [0.1, 0.15) is 52.9 Å². The van der Waals surface area contributed by atoms with E-state index in [2.05, 4.69) is 12.2 Å². The van der Waals surface area contributed by atoms with Crippen LogP contribution in [0.5, 0.6) is 0 Å². The second-order valence-corrected chi connectivity index (χ2v) is 4.29. The summed E-state index contributed by atoms with van der Waals surface area (Å²) in [5, 5.41) is 11.3. The monoisotopic (exact) mass is 215 g/mol. The lowest BCUT2D eigenvalue weighted by molar-refractivity contribution is -0.146. The first-order valence-corrected chi connectivity index (χ1v) is 5.44. The Morgan fingerprint density at radius 3 is 2.27 bits per heavy atom. The molecule has 0 aromatic rings. The average molecular weight is 215 g/mol. The molecule has 0 fully saturated rings. The molecule has 0 aliphatic carbocycles. The Bertz CT molecular complexity index is 224. The van der Waals surface area contributed by atoms with Crippen LogP contribution in [0.4, 0.5) is 0 Å². The maximum absolute atomic E-state index is 11.4. The average Bonchev–Trinajstić information content (AvgIpc) is 2.11. The van der Waals surface area contributed by atoms with Crippen molar-refractivity contribution in [3.05, 3.63) is 0 Å². The lowest BCUT2D eigenvalue weighted by Gasteiger charge is -2.20. The second kappa shape index (κ2) is 6.43. The van der Waals surface area contributed by atoms with Gasteiger partial charge < -0.3 is 10.4 Å². The van der Waals surface area contributed by atoms with Crippen molar-refractivity contribution in [1.82, 2.24) is 5.32 Å². The third-order valence-electron chi connectivity index (χ3n) is 2.24. The van der Waals surface area contributed by atoms with E-state index >= 15 is 0 Å². The molecule has 0 aromatic heterocycles. The van der Waals surface area contributed by atoms with Gasteiger partial charge in [-0.25, -0.2) is 4.79 Å². The fraction of sp³-hybridized carbons (Fsp3) is 0.818. The molecule has 88 valence electrons. The number of carbonyl (C=O) groups is 2. The number of unbranched alkanes of at least 4 members (excludes halogenated alkanes) is 3. The van der Waals surface area contributed by atoms with Gasteiger partial charge in [-0.15, -0.1) is 0 Å². The molecule has 0 aliphatic heterocycles. The van der Waals surface area contributed by atoms with Gasteiger partial charge in [0.25, 0.3) is 0 Å². The molecule has 0 aromatic carbocycles. The van der Waals surface area contributed by atoms with E-state index in [1.165, 1.54) is 13.8 Å². The van der Waals surface area contributed by atoms with Crippen LogP contribution in [-0.4, -0.2) is 22.5 Å². The number of hydrogen-bond acceptors (Lipinski definition) is 2. The molecule has 0 bridgehead atoms.